The monoisotopic (exact) mass is 297 g/mol. The number of hydrogen-bond acceptors (Lipinski definition) is 3. The number of hydrazine groups is 1. The molecule has 0 spiro atoms. The Hall–Kier alpha value is -2.77. The van der Waals surface area contributed by atoms with E-state index in [1.165, 1.54) is 18.2 Å². The number of alkyl halides is 2. The molecular formula is C13H10F3N3O2. The van der Waals surface area contributed by atoms with Gasteiger partial charge in [0.05, 0.1) is 5.69 Å². The van der Waals surface area contributed by atoms with Gasteiger partial charge in [0, 0.05) is 6.07 Å². The summed E-state index contributed by atoms with van der Waals surface area (Å²) < 4.78 is 38.3. The van der Waals surface area contributed by atoms with Gasteiger partial charge in [-0.15, -0.1) is 0 Å². The van der Waals surface area contributed by atoms with Crippen LogP contribution in [-0.4, -0.2) is 10.5 Å². The van der Waals surface area contributed by atoms with Crippen LogP contribution >= 0.6 is 0 Å². The van der Waals surface area contributed by atoms with Crippen LogP contribution in [0.4, 0.5) is 18.9 Å². The minimum absolute atomic E-state index is 0.0711. The van der Waals surface area contributed by atoms with E-state index in [1.54, 1.807) is 0 Å². The Morgan fingerprint density at radius 1 is 1.10 bits per heavy atom. The molecule has 110 valence electrons. The second-order valence-corrected chi connectivity index (χ2v) is 3.98. The predicted molar refractivity (Wildman–Crippen MR) is 69.4 cm³/mol. The lowest BCUT2D eigenvalue weighted by molar-refractivity contribution is 0.0596. The summed E-state index contributed by atoms with van der Waals surface area (Å²) in [4.78, 5) is 23.2. The van der Waals surface area contributed by atoms with Crippen LogP contribution < -0.4 is 16.4 Å². The molecule has 0 aliphatic carbocycles. The zero-order valence-electron chi connectivity index (χ0n) is 10.5. The lowest BCUT2D eigenvalue weighted by Crippen LogP contribution is -2.35. The molecule has 2 N–H and O–H groups in total. The molecule has 0 atom stereocenters. The number of anilines is 1. The number of hydrogen-bond donors (Lipinski definition) is 2. The third-order valence-corrected chi connectivity index (χ3v) is 2.58. The highest BCUT2D eigenvalue weighted by Crippen LogP contribution is 2.11. The smallest absolute Gasteiger partial charge is 0.298 e. The van der Waals surface area contributed by atoms with E-state index in [1.807, 2.05) is 0 Å². The third kappa shape index (κ3) is 3.41. The molecule has 1 aromatic carbocycles. The van der Waals surface area contributed by atoms with Crippen LogP contribution in [0, 0.1) is 5.82 Å². The zero-order chi connectivity index (χ0) is 15.4. The number of carbonyl (C=O) groups is 1. The van der Waals surface area contributed by atoms with E-state index >= 15 is 0 Å². The van der Waals surface area contributed by atoms with Crippen LogP contribution in [-0.2, 0) is 0 Å². The SMILES string of the molecule is O=C(NNc1ccc(F)cc1)c1cccc(=O)n1C(F)F. The molecule has 0 bridgehead atoms. The first kappa shape index (κ1) is 14.6. The molecule has 0 unspecified atom stereocenters. The van der Waals surface area contributed by atoms with Crippen molar-refractivity contribution in [2.45, 2.75) is 6.55 Å². The molecule has 0 saturated heterocycles. The molecule has 0 saturated carbocycles. The Balaban J connectivity index is 2.16. The molecule has 0 fully saturated rings. The van der Waals surface area contributed by atoms with Crippen LogP contribution in [0.15, 0.2) is 47.3 Å². The van der Waals surface area contributed by atoms with E-state index in [-0.39, 0.29) is 4.57 Å². The van der Waals surface area contributed by atoms with Crippen molar-refractivity contribution in [2.24, 2.45) is 0 Å². The largest absolute Gasteiger partial charge is 0.321 e. The first-order valence-corrected chi connectivity index (χ1v) is 5.80. The van der Waals surface area contributed by atoms with Gasteiger partial charge in [-0.3, -0.25) is 20.4 Å². The number of rotatable bonds is 4. The highest BCUT2D eigenvalue weighted by Gasteiger charge is 2.17. The van der Waals surface area contributed by atoms with Gasteiger partial charge in [0.2, 0.25) is 0 Å². The summed E-state index contributed by atoms with van der Waals surface area (Å²) in [6.07, 6.45) is 0. The first-order valence-electron chi connectivity index (χ1n) is 5.80. The summed E-state index contributed by atoms with van der Waals surface area (Å²) >= 11 is 0. The highest BCUT2D eigenvalue weighted by atomic mass is 19.3. The fourth-order valence-corrected chi connectivity index (χ4v) is 1.61. The van der Waals surface area contributed by atoms with Gasteiger partial charge in [0.1, 0.15) is 11.5 Å². The molecule has 1 amide bonds. The van der Waals surface area contributed by atoms with Gasteiger partial charge in [-0.1, -0.05) is 6.07 Å². The predicted octanol–water partition coefficient (Wildman–Crippen LogP) is 2.14. The molecule has 2 aromatic rings. The lowest BCUT2D eigenvalue weighted by atomic mass is 10.3. The molecule has 1 heterocycles. The summed E-state index contributed by atoms with van der Waals surface area (Å²) in [5.41, 5.74) is 3.46. The van der Waals surface area contributed by atoms with Crippen LogP contribution in [0.25, 0.3) is 0 Å². The van der Waals surface area contributed by atoms with E-state index in [2.05, 4.69) is 10.9 Å². The van der Waals surface area contributed by atoms with Crippen molar-refractivity contribution in [3.63, 3.8) is 0 Å². The Morgan fingerprint density at radius 2 is 1.76 bits per heavy atom. The number of pyridine rings is 1. The minimum atomic E-state index is -3.13. The Morgan fingerprint density at radius 3 is 2.38 bits per heavy atom. The summed E-state index contributed by atoms with van der Waals surface area (Å²) in [5.74, 6) is -1.38. The molecule has 2 rings (SSSR count). The van der Waals surface area contributed by atoms with Crippen LogP contribution in [0.5, 0.6) is 0 Å². The first-order chi connectivity index (χ1) is 9.99. The molecule has 8 heteroatoms. The maximum Gasteiger partial charge on any atom is 0.321 e. The van der Waals surface area contributed by atoms with Crippen molar-refractivity contribution >= 4 is 11.6 Å². The molecule has 0 aliphatic heterocycles. The average molecular weight is 297 g/mol. The number of nitrogens with one attached hydrogen (secondary N) is 2. The molecule has 1 aromatic heterocycles. The van der Waals surface area contributed by atoms with Gasteiger partial charge in [-0.05, 0) is 30.3 Å². The van der Waals surface area contributed by atoms with Crippen LogP contribution in [0.2, 0.25) is 0 Å². The minimum Gasteiger partial charge on any atom is -0.298 e. The second kappa shape index (κ2) is 6.12. The quantitative estimate of drug-likeness (QED) is 0.850. The van der Waals surface area contributed by atoms with Gasteiger partial charge in [0.25, 0.3) is 11.5 Å². The Kier molecular flexibility index (Phi) is 4.27. The van der Waals surface area contributed by atoms with Crippen molar-refractivity contribution < 1.29 is 18.0 Å². The van der Waals surface area contributed by atoms with Crippen LogP contribution in [0.3, 0.4) is 0 Å². The second-order valence-electron chi connectivity index (χ2n) is 3.98. The van der Waals surface area contributed by atoms with E-state index in [4.69, 9.17) is 0 Å². The molecule has 5 nitrogen and oxygen atoms in total. The maximum atomic E-state index is 12.8. The number of halogens is 3. The van der Waals surface area contributed by atoms with E-state index in [9.17, 15) is 22.8 Å². The Bertz CT molecular complexity index is 699. The van der Waals surface area contributed by atoms with Crippen molar-refractivity contribution in [3.05, 3.63) is 64.3 Å². The average Bonchev–Trinajstić information content (AvgIpc) is 2.45. The standard InChI is InChI=1S/C13H10F3N3O2/c14-8-4-6-9(7-5-8)17-18-12(21)10-2-1-3-11(20)19(10)13(15)16/h1-7,13,17H,(H,18,21). The van der Waals surface area contributed by atoms with Gasteiger partial charge >= 0.3 is 6.55 Å². The fourth-order valence-electron chi connectivity index (χ4n) is 1.61. The molecule has 0 aliphatic rings. The Labute approximate surface area is 117 Å². The molecule has 0 radical (unpaired) electrons. The van der Waals surface area contributed by atoms with Gasteiger partial charge in [0.15, 0.2) is 0 Å². The number of nitrogens with zero attached hydrogens (tertiary/aromatic N) is 1. The summed E-state index contributed by atoms with van der Waals surface area (Å²) in [7, 11) is 0. The third-order valence-electron chi connectivity index (χ3n) is 2.58. The van der Waals surface area contributed by atoms with Crippen molar-refractivity contribution in [3.8, 4) is 0 Å². The van der Waals surface area contributed by atoms with E-state index < -0.39 is 29.5 Å². The summed E-state index contributed by atoms with van der Waals surface area (Å²) in [6, 6.07) is 8.24. The lowest BCUT2D eigenvalue weighted by Gasteiger charge is -2.12. The van der Waals surface area contributed by atoms with Gasteiger partial charge < -0.3 is 0 Å². The highest BCUT2D eigenvalue weighted by molar-refractivity contribution is 5.93. The molecule has 21 heavy (non-hydrogen) atoms. The topological polar surface area (TPSA) is 63.1 Å². The van der Waals surface area contributed by atoms with Gasteiger partial charge in [-0.25, -0.2) is 8.96 Å². The number of carbonyl (C=O) groups excluding carboxylic acids is 1. The van der Waals surface area contributed by atoms with Crippen molar-refractivity contribution in [1.29, 1.82) is 0 Å². The van der Waals surface area contributed by atoms with Crippen molar-refractivity contribution in [1.82, 2.24) is 9.99 Å². The summed E-state index contributed by atoms with van der Waals surface area (Å²) in [5, 5.41) is 0. The zero-order valence-corrected chi connectivity index (χ0v) is 10.5. The number of aromatic nitrogens is 1. The molecular weight excluding hydrogens is 287 g/mol. The maximum absolute atomic E-state index is 12.8. The van der Waals surface area contributed by atoms with E-state index in [0.717, 1.165) is 24.3 Å². The van der Waals surface area contributed by atoms with Crippen molar-refractivity contribution in [2.75, 3.05) is 5.43 Å². The number of amides is 1. The number of benzene rings is 1. The van der Waals surface area contributed by atoms with E-state index in [0.29, 0.717) is 5.69 Å². The fraction of sp³-hybridized carbons (Fsp3) is 0.0769. The normalized spacial score (nSPS) is 10.5. The van der Waals surface area contributed by atoms with Gasteiger partial charge in [-0.2, -0.15) is 8.78 Å². The summed E-state index contributed by atoms with van der Waals surface area (Å²) in [6.45, 7) is -3.13. The van der Waals surface area contributed by atoms with Crippen LogP contribution in [0.1, 0.15) is 17.0 Å².